The van der Waals surface area contributed by atoms with Gasteiger partial charge in [-0.15, -0.1) is 0 Å². The fourth-order valence-electron chi connectivity index (χ4n) is 2.07. The lowest BCUT2D eigenvalue weighted by Gasteiger charge is -2.39. The molecule has 21 heavy (non-hydrogen) atoms. The first-order valence-corrected chi connectivity index (χ1v) is 6.52. The minimum atomic E-state index is -1.49. The van der Waals surface area contributed by atoms with Gasteiger partial charge >= 0.3 is 0 Å². The van der Waals surface area contributed by atoms with E-state index in [1.807, 2.05) is 0 Å². The predicted molar refractivity (Wildman–Crippen MR) is 70.8 cm³/mol. The Hall–Kier alpha value is -1.51. The lowest BCUT2D eigenvalue weighted by molar-refractivity contribution is -0.277. The molecule has 5 atom stereocenters. The molecule has 1 aromatic rings. The number of hydrogen-bond donors (Lipinski definition) is 4. The third-order valence-electron chi connectivity index (χ3n) is 3.36. The smallest absolute Gasteiger partial charge is 0.229 e. The molecule has 0 amide bonds. The summed E-state index contributed by atoms with van der Waals surface area (Å²) < 4.78 is 10.6. The lowest BCUT2D eigenvalue weighted by Crippen LogP contribution is -2.60. The first kappa shape index (κ1) is 15.9. The molecule has 1 aliphatic rings. The molecule has 7 nitrogen and oxygen atoms in total. The summed E-state index contributed by atoms with van der Waals surface area (Å²) in [6, 6.07) is 6.17. The maximum atomic E-state index is 11.2. The maximum Gasteiger partial charge on any atom is 0.229 e. The van der Waals surface area contributed by atoms with E-state index < -0.39 is 37.3 Å². The zero-order valence-corrected chi connectivity index (χ0v) is 11.4. The van der Waals surface area contributed by atoms with E-state index in [-0.39, 0.29) is 5.78 Å². The molecular weight excluding hydrogens is 280 g/mol. The molecule has 4 N–H and O–H groups in total. The van der Waals surface area contributed by atoms with Crippen molar-refractivity contribution in [1.29, 1.82) is 0 Å². The van der Waals surface area contributed by atoms with Crippen LogP contribution in [0.1, 0.15) is 17.3 Å². The highest BCUT2D eigenvalue weighted by atomic mass is 16.7. The molecule has 0 unspecified atom stereocenters. The van der Waals surface area contributed by atoms with Crippen molar-refractivity contribution < 1.29 is 34.7 Å². The third-order valence-corrected chi connectivity index (χ3v) is 3.36. The van der Waals surface area contributed by atoms with Crippen LogP contribution < -0.4 is 4.74 Å². The average molecular weight is 298 g/mol. The normalized spacial score (nSPS) is 32.7. The number of rotatable bonds is 4. The van der Waals surface area contributed by atoms with Gasteiger partial charge < -0.3 is 29.9 Å². The van der Waals surface area contributed by atoms with Crippen molar-refractivity contribution in [2.24, 2.45) is 0 Å². The first-order valence-electron chi connectivity index (χ1n) is 6.52. The molecule has 116 valence electrons. The van der Waals surface area contributed by atoms with E-state index in [9.17, 15) is 20.1 Å². The molecule has 0 bridgehead atoms. The summed E-state index contributed by atoms with van der Waals surface area (Å²) >= 11 is 0. The van der Waals surface area contributed by atoms with Gasteiger partial charge in [0, 0.05) is 5.56 Å². The van der Waals surface area contributed by atoms with Crippen molar-refractivity contribution in [1.82, 2.24) is 0 Å². The highest BCUT2D eigenvalue weighted by Gasteiger charge is 2.44. The zero-order chi connectivity index (χ0) is 15.6. The van der Waals surface area contributed by atoms with Crippen LogP contribution in [0, 0.1) is 0 Å². The Kier molecular flexibility index (Phi) is 4.92. The summed E-state index contributed by atoms with van der Waals surface area (Å²) in [5.74, 6) is 0.235. The lowest BCUT2D eigenvalue weighted by atomic mass is 9.99. The summed E-state index contributed by atoms with van der Waals surface area (Å²) in [4.78, 5) is 11.2. The standard InChI is InChI=1S/C14H18O7/c1-7(16)8-2-4-9(5-3-8)20-14-13(19)12(18)11(17)10(6-15)21-14/h2-5,10-15,17-19H,6H2,1H3/t10-,11+,12+,13-,14-/m0/s1. The second kappa shape index (κ2) is 6.50. The van der Waals surface area contributed by atoms with Crippen LogP contribution in [0.2, 0.25) is 0 Å². The van der Waals surface area contributed by atoms with Gasteiger partial charge in [-0.05, 0) is 31.2 Å². The molecule has 1 saturated heterocycles. The van der Waals surface area contributed by atoms with Gasteiger partial charge in [-0.1, -0.05) is 0 Å². The van der Waals surface area contributed by atoms with Gasteiger partial charge in [-0.25, -0.2) is 0 Å². The van der Waals surface area contributed by atoms with E-state index in [0.29, 0.717) is 11.3 Å². The van der Waals surface area contributed by atoms with Gasteiger partial charge in [0.2, 0.25) is 6.29 Å². The number of hydrogen-bond acceptors (Lipinski definition) is 7. The van der Waals surface area contributed by atoms with Crippen LogP contribution in [-0.2, 0) is 4.74 Å². The molecular formula is C14H18O7. The van der Waals surface area contributed by atoms with Crippen LogP contribution in [0.5, 0.6) is 5.75 Å². The quantitative estimate of drug-likeness (QED) is 0.530. The van der Waals surface area contributed by atoms with Gasteiger partial charge in [-0.3, -0.25) is 4.79 Å². The fraction of sp³-hybridized carbons (Fsp3) is 0.500. The Labute approximate surface area is 121 Å². The number of aliphatic hydroxyl groups is 4. The average Bonchev–Trinajstić information content (AvgIpc) is 2.48. The van der Waals surface area contributed by atoms with E-state index in [4.69, 9.17) is 14.6 Å². The van der Waals surface area contributed by atoms with E-state index >= 15 is 0 Å². The molecule has 0 saturated carbocycles. The Morgan fingerprint density at radius 1 is 1.14 bits per heavy atom. The second-order valence-electron chi connectivity index (χ2n) is 4.90. The van der Waals surface area contributed by atoms with Gasteiger partial charge in [0.25, 0.3) is 0 Å². The van der Waals surface area contributed by atoms with Gasteiger partial charge in [0.1, 0.15) is 30.2 Å². The summed E-state index contributed by atoms with van der Waals surface area (Å²) in [5, 5.41) is 38.2. The Morgan fingerprint density at radius 3 is 2.29 bits per heavy atom. The van der Waals surface area contributed by atoms with Crippen molar-refractivity contribution in [3.8, 4) is 5.75 Å². The van der Waals surface area contributed by atoms with Crippen LogP contribution in [0.3, 0.4) is 0 Å². The molecule has 1 heterocycles. The number of carbonyl (C=O) groups excluding carboxylic acids is 1. The molecule has 0 aliphatic carbocycles. The van der Waals surface area contributed by atoms with Crippen LogP contribution in [0.4, 0.5) is 0 Å². The fourth-order valence-corrected chi connectivity index (χ4v) is 2.07. The van der Waals surface area contributed by atoms with Crippen molar-refractivity contribution >= 4 is 5.78 Å². The van der Waals surface area contributed by atoms with Crippen LogP contribution in [0.15, 0.2) is 24.3 Å². The minimum Gasteiger partial charge on any atom is -0.462 e. The van der Waals surface area contributed by atoms with Crippen molar-refractivity contribution in [3.05, 3.63) is 29.8 Å². The van der Waals surface area contributed by atoms with E-state index in [1.54, 1.807) is 12.1 Å². The Balaban J connectivity index is 2.08. The third kappa shape index (κ3) is 3.39. The topological polar surface area (TPSA) is 116 Å². The molecule has 1 aliphatic heterocycles. The highest BCUT2D eigenvalue weighted by molar-refractivity contribution is 5.94. The van der Waals surface area contributed by atoms with Gasteiger partial charge in [0.15, 0.2) is 5.78 Å². The number of Topliss-reactive ketones (excluding diaryl/α,β-unsaturated/α-hetero) is 1. The summed E-state index contributed by atoms with van der Waals surface area (Å²) in [5.41, 5.74) is 0.510. The monoisotopic (exact) mass is 298 g/mol. The molecule has 7 heteroatoms. The molecule has 1 fully saturated rings. The summed E-state index contributed by atoms with van der Waals surface area (Å²) in [6.45, 7) is 0.918. The number of ether oxygens (including phenoxy) is 2. The first-order chi connectivity index (χ1) is 9.93. The molecule has 2 rings (SSSR count). The zero-order valence-electron chi connectivity index (χ0n) is 11.4. The Morgan fingerprint density at radius 2 is 1.76 bits per heavy atom. The largest absolute Gasteiger partial charge is 0.462 e. The Bertz CT molecular complexity index is 485. The predicted octanol–water partition coefficient (Wildman–Crippen LogP) is -0.932. The van der Waals surface area contributed by atoms with Gasteiger partial charge in [-0.2, -0.15) is 0 Å². The van der Waals surface area contributed by atoms with Crippen molar-refractivity contribution in [2.75, 3.05) is 6.61 Å². The molecule has 1 aromatic carbocycles. The number of ketones is 1. The van der Waals surface area contributed by atoms with Crippen molar-refractivity contribution in [3.63, 3.8) is 0 Å². The van der Waals surface area contributed by atoms with E-state index in [1.165, 1.54) is 19.1 Å². The van der Waals surface area contributed by atoms with Crippen LogP contribution >= 0.6 is 0 Å². The summed E-state index contributed by atoms with van der Waals surface area (Å²) in [6.07, 6.45) is -6.63. The van der Waals surface area contributed by atoms with E-state index in [0.717, 1.165) is 0 Å². The van der Waals surface area contributed by atoms with E-state index in [2.05, 4.69) is 0 Å². The van der Waals surface area contributed by atoms with Crippen molar-refractivity contribution in [2.45, 2.75) is 37.6 Å². The highest BCUT2D eigenvalue weighted by Crippen LogP contribution is 2.24. The molecule has 0 spiro atoms. The second-order valence-corrected chi connectivity index (χ2v) is 4.90. The molecule has 0 radical (unpaired) electrons. The number of benzene rings is 1. The van der Waals surface area contributed by atoms with Crippen LogP contribution in [0.25, 0.3) is 0 Å². The number of carbonyl (C=O) groups is 1. The van der Waals surface area contributed by atoms with Gasteiger partial charge in [0.05, 0.1) is 6.61 Å². The SMILES string of the molecule is CC(=O)c1ccc(O[C@H]2O[C@@H](CO)[C@@H](O)[C@@H](O)[C@@H]2O)cc1. The molecule has 0 aromatic heterocycles. The maximum absolute atomic E-state index is 11.2. The minimum absolute atomic E-state index is 0.0885. The summed E-state index contributed by atoms with van der Waals surface area (Å²) in [7, 11) is 0. The van der Waals surface area contributed by atoms with Crippen LogP contribution in [-0.4, -0.2) is 63.5 Å². The number of aliphatic hydroxyl groups excluding tert-OH is 4.